The maximum absolute atomic E-state index is 14.6. The van der Waals surface area contributed by atoms with E-state index in [1.54, 1.807) is 24.3 Å². The van der Waals surface area contributed by atoms with Crippen molar-refractivity contribution < 1.29 is 13.2 Å². The first-order valence-corrected chi connectivity index (χ1v) is 8.71. The molecular formula is C21H19F3N2. The second kappa shape index (κ2) is 7.00. The van der Waals surface area contributed by atoms with Gasteiger partial charge in [-0.2, -0.15) is 0 Å². The molecule has 1 aliphatic rings. The van der Waals surface area contributed by atoms with Gasteiger partial charge in [-0.1, -0.05) is 30.3 Å². The molecule has 3 aromatic rings. The first kappa shape index (κ1) is 16.9. The zero-order valence-corrected chi connectivity index (χ0v) is 14.2. The maximum Gasteiger partial charge on any atom is 0.163 e. The number of nitrogens with zero attached hydrogens (tertiary/aromatic N) is 2. The van der Waals surface area contributed by atoms with Gasteiger partial charge in [0, 0.05) is 42.7 Å². The van der Waals surface area contributed by atoms with Gasteiger partial charge in [-0.15, -0.1) is 0 Å². The summed E-state index contributed by atoms with van der Waals surface area (Å²) in [5.74, 6) is -1.99. The summed E-state index contributed by atoms with van der Waals surface area (Å²) in [5.41, 5.74) is 1.79. The van der Waals surface area contributed by atoms with Crippen molar-refractivity contribution in [3.05, 3.63) is 95.1 Å². The van der Waals surface area contributed by atoms with Gasteiger partial charge in [-0.3, -0.25) is 4.90 Å². The first-order chi connectivity index (χ1) is 12.6. The molecule has 5 heteroatoms. The number of fused-ring (bicyclic) bond motifs is 1. The lowest BCUT2D eigenvalue weighted by atomic mass is 10.0. The average Bonchev–Trinajstić information content (AvgIpc) is 3.02. The molecule has 1 atom stereocenters. The molecule has 0 spiro atoms. The maximum atomic E-state index is 14.6. The summed E-state index contributed by atoms with van der Waals surface area (Å²) in [6, 6.07) is 14.4. The third kappa shape index (κ3) is 3.03. The van der Waals surface area contributed by atoms with Crippen LogP contribution in [0.2, 0.25) is 0 Å². The Hall–Kier alpha value is -2.53. The van der Waals surface area contributed by atoms with E-state index in [0.29, 0.717) is 12.1 Å². The molecule has 1 aliphatic heterocycles. The number of hydrogen-bond donors (Lipinski definition) is 0. The van der Waals surface area contributed by atoms with Gasteiger partial charge in [-0.05, 0) is 30.7 Å². The molecule has 1 aromatic heterocycles. The zero-order valence-electron chi connectivity index (χ0n) is 14.2. The highest BCUT2D eigenvalue weighted by Crippen LogP contribution is 2.34. The van der Waals surface area contributed by atoms with E-state index in [4.69, 9.17) is 0 Å². The minimum atomic E-state index is -0.858. The normalized spacial score (nSPS) is 17.7. The van der Waals surface area contributed by atoms with Crippen molar-refractivity contribution >= 4 is 0 Å². The van der Waals surface area contributed by atoms with E-state index in [0.717, 1.165) is 24.7 Å². The van der Waals surface area contributed by atoms with Gasteiger partial charge in [0.2, 0.25) is 0 Å². The van der Waals surface area contributed by atoms with Crippen LogP contribution in [-0.4, -0.2) is 16.0 Å². The molecule has 2 aromatic carbocycles. The van der Waals surface area contributed by atoms with Crippen LogP contribution in [0.1, 0.15) is 29.3 Å². The number of aromatic nitrogens is 1. The van der Waals surface area contributed by atoms with Crippen molar-refractivity contribution in [1.29, 1.82) is 0 Å². The van der Waals surface area contributed by atoms with Gasteiger partial charge >= 0.3 is 0 Å². The quantitative estimate of drug-likeness (QED) is 0.648. The second-order valence-corrected chi connectivity index (χ2v) is 6.59. The minimum Gasteiger partial charge on any atom is -0.350 e. The Balaban J connectivity index is 1.79. The van der Waals surface area contributed by atoms with Crippen molar-refractivity contribution in [3.63, 3.8) is 0 Å². The van der Waals surface area contributed by atoms with Crippen molar-refractivity contribution in [1.82, 2.24) is 9.47 Å². The molecule has 0 N–H and O–H groups in total. The molecule has 2 heterocycles. The Morgan fingerprint density at radius 2 is 1.65 bits per heavy atom. The highest BCUT2D eigenvalue weighted by atomic mass is 19.2. The monoisotopic (exact) mass is 356 g/mol. The minimum absolute atomic E-state index is 0.216. The van der Waals surface area contributed by atoms with Gasteiger partial charge in [0.15, 0.2) is 11.6 Å². The highest BCUT2D eigenvalue weighted by Gasteiger charge is 2.30. The summed E-state index contributed by atoms with van der Waals surface area (Å²) >= 11 is 0. The molecule has 0 aliphatic carbocycles. The van der Waals surface area contributed by atoms with Crippen molar-refractivity contribution in [2.45, 2.75) is 25.6 Å². The molecule has 2 nitrogen and oxygen atoms in total. The fourth-order valence-electron chi connectivity index (χ4n) is 3.75. The van der Waals surface area contributed by atoms with Gasteiger partial charge in [0.05, 0.1) is 6.04 Å². The van der Waals surface area contributed by atoms with Crippen LogP contribution in [0.5, 0.6) is 0 Å². The van der Waals surface area contributed by atoms with E-state index >= 15 is 0 Å². The molecule has 0 bridgehead atoms. The first-order valence-electron chi connectivity index (χ1n) is 8.71. The van der Waals surface area contributed by atoms with Crippen LogP contribution in [0.15, 0.2) is 60.8 Å². The predicted octanol–water partition coefficient (Wildman–Crippen LogP) is 4.90. The third-order valence-electron chi connectivity index (χ3n) is 4.96. The Morgan fingerprint density at radius 3 is 2.50 bits per heavy atom. The summed E-state index contributed by atoms with van der Waals surface area (Å²) in [6.07, 6.45) is 2.83. The van der Waals surface area contributed by atoms with Crippen LogP contribution in [0.25, 0.3) is 0 Å². The van der Waals surface area contributed by atoms with Gasteiger partial charge < -0.3 is 4.57 Å². The summed E-state index contributed by atoms with van der Waals surface area (Å²) in [6.45, 7) is 1.69. The van der Waals surface area contributed by atoms with Crippen molar-refractivity contribution in [2.75, 3.05) is 6.54 Å². The zero-order chi connectivity index (χ0) is 18.1. The smallest absolute Gasteiger partial charge is 0.163 e. The number of hydrogen-bond acceptors (Lipinski definition) is 1. The van der Waals surface area contributed by atoms with Gasteiger partial charge in [0.25, 0.3) is 0 Å². The van der Waals surface area contributed by atoms with Crippen molar-refractivity contribution in [3.8, 4) is 0 Å². The fraction of sp³-hybridized carbons (Fsp3) is 0.238. The molecular weight excluding hydrogens is 337 g/mol. The predicted molar refractivity (Wildman–Crippen MR) is 94.1 cm³/mol. The van der Waals surface area contributed by atoms with Crippen LogP contribution in [0.4, 0.5) is 13.2 Å². The van der Waals surface area contributed by atoms with Crippen LogP contribution >= 0.6 is 0 Å². The Labute approximate surface area is 150 Å². The van der Waals surface area contributed by atoms with Gasteiger partial charge in [0.1, 0.15) is 5.82 Å². The lowest BCUT2D eigenvalue weighted by Gasteiger charge is -2.31. The van der Waals surface area contributed by atoms with Crippen molar-refractivity contribution in [2.24, 2.45) is 0 Å². The SMILES string of the molecule is Fc1ccccc1[C@@H]1c2cccn2CCCN1Cc1cccc(F)c1F. The highest BCUT2D eigenvalue weighted by molar-refractivity contribution is 5.31. The second-order valence-electron chi connectivity index (χ2n) is 6.59. The number of halogens is 3. The summed E-state index contributed by atoms with van der Waals surface area (Å²) in [5, 5.41) is 0. The van der Waals surface area contributed by atoms with E-state index in [2.05, 4.69) is 4.57 Å². The summed E-state index contributed by atoms with van der Waals surface area (Å²) < 4.78 is 44.6. The summed E-state index contributed by atoms with van der Waals surface area (Å²) in [4.78, 5) is 2.02. The molecule has 0 fully saturated rings. The molecule has 4 rings (SSSR count). The lowest BCUT2D eigenvalue weighted by molar-refractivity contribution is 0.213. The van der Waals surface area contributed by atoms with Gasteiger partial charge in [-0.25, -0.2) is 13.2 Å². The lowest BCUT2D eigenvalue weighted by Crippen LogP contribution is -2.30. The Kier molecular flexibility index (Phi) is 4.55. The third-order valence-corrected chi connectivity index (χ3v) is 4.96. The summed E-state index contributed by atoms with van der Waals surface area (Å²) in [7, 11) is 0. The number of rotatable bonds is 3. The van der Waals surface area contributed by atoms with E-state index in [-0.39, 0.29) is 24.0 Å². The molecule has 0 unspecified atom stereocenters. The Morgan fingerprint density at radius 1 is 0.846 bits per heavy atom. The van der Waals surface area contributed by atoms with Crippen LogP contribution in [0.3, 0.4) is 0 Å². The molecule has 0 radical (unpaired) electrons. The number of aryl methyl sites for hydroxylation is 1. The molecule has 26 heavy (non-hydrogen) atoms. The van der Waals surface area contributed by atoms with E-state index in [1.807, 2.05) is 23.2 Å². The molecule has 0 saturated heterocycles. The van der Waals surface area contributed by atoms with E-state index in [9.17, 15) is 13.2 Å². The number of benzene rings is 2. The fourth-order valence-corrected chi connectivity index (χ4v) is 3.75. The average molecular weight is 356 g/mol. The topological polar surface area (TPSA) is 8.17 Å². The van der Waals surface area contributed by atoms with Crippen LogP contribution < -0.4 is 0 Å². The van der Waals surface area contributed by atoms with E-state index in [1.165, 1.54) is 12.1 Å². The van der Waals surface area contributed by atoms with Crippen LogP contribution in [-0.2, 0) is 13.1 Å². The largest absolute Gasteiger partial charge is 0.350 e. The standard InChI is InChI=1S/C21H19F3N2/c22-17-8-2-1-7-16(17)21-19-10-4-11-25(19)12-5-13-26(21)14-15-6-3-9-18(23)20(15)24/h1-4,6-11,21H,5,12-14H2/t21-/m1/s1. The Bertz CT molecular complexity index is 919. The molecule has 0 saturated carbocycles. The van der Waals surface area contributed by atoms with Crippen LogP contribution in [0, 0.1) is 17.5 Å². The van der Waals surface area contributed by atoms with E-state index < -0.39 is 11.6 Å². The molecule has 0 amide bonds. The molecule has 134 valence electrons.